The Morgan fingerprint density at radius 2 is 2.35 bits per heavy atom. The Bertz CT molecular complexity index is 494. The Hall–Kier alpha value is -0.870. The number of hydrogen-bond acceptors (Lipinski definition) is 3. The minimum Gasteiger partial charge on any atom is -0.389 e. The predicted molar refractivity (Wildman–Crippen MR) is 69.3 cm³/mol. The van der Waals surface area contributed by atoms with Crippen LogP contribution in [-0.2, 0) is 6.42 Å². The van der Waals surface area contributed by atoms with Crippen LogP contribution in [0.25, 0.3) is 4.96 Å². The van der Waals surface area contributed by atoms with E-state index in [1.54, 1.807) is 11.3 Å². The summed E-state index contributed by atoms with van der Waals surface area (Å²) < 4.78 is 2.03. The molecule has 1 N–H and O–H groups in total. The van der Waals surface area contributed by atoms with Crippen molar-refractivity contribution in [3.63, 3.8) is 0 Å². The number of thiazole rings is 1. The van der Waals surface area contributed by atoms with Crippen LogP contribution >= 0.6 is 11.3 Å². The standard InChI is InChI=1S/C13H18N2OS/c1-9(2)10-5-13(16,6-10)7-11-8-15-3-4-17-12(15)14-11/h3-4,8-10,16H,5-7H2,1-2H3. The fraction of sp³-hybridized carbons (Fsp3) is 0.615. The van der Waals surface area contributed by atoms with E-state index in [0.717, 1.165) is 23.5 Å². The average molecular weight is 250 g/mol. The van der Waals surface area contributed by atoms with Crippen molar-refractivity contribution >= 4 is 16.3 Å². The third kappa shape index (κ3) is 2.00. The SMILES string of the molecule is CC(C)C1CC(O)(Cc2cn3ccsc3n2)C1. The Labute approximate surface area is 105 Å². The maximum Gasteiger partial charge on any atom is 0.193 e. The second-order valence-electron chi connectivity index (χ2n) is 5.64. The van der Waals surface area contributed by atoms with Crippen LogP contribution in [0.4, 0.5) is 0 Å². The molecule has 0 aliphatic heterocycles. The van der Waals surface area contributed by atoms with E-state index in [1.807, 2.05) is 22.2 Å². The van der Waals surface area contributed by atoms with E-state index in [-0.39, 0.29) is 0 Å². The Morgan fingerprint density at radius 1 is 1.59 bits per heavy atom. The molecule has 0 atom stereocenters. The molecule has 2 aromatic rings. The predicted octanol–water partition coefficient (Wildman–Crippen LogP) is 2.74. The number of imidazole rings is 1. The molecule has 0 spiro atoms. The molecular formula is C13H18N2OS. The second kappa shape index (κ2) is 3.82. The van der Waals surface area contributed by atoms with E-state index in [1.165, 1.54) is 0 Å². The van der Waals surface area contributed by atoms with Crippen LogP contribution in [0, 0.1) is 11.8 Å². The van der Waals surface area contributed by atoms with Gasteiger partial charge in [0.25, 0.3) is 0 Å². The number of aliphatic hydroxyl groups is 1. The molecule has 92 valence electrons. The van der Waals surface area contributed by atoms with Gasteiger partial charge in [0.2, 0.25) is 0 Å². The quantitative estimate of drug-likeness (QED) is 0.909. The van der Waals surface area contributed by atoms with Gasteiger partial charge in [0, 0.05) is 24.2 Å². The van der Waals surface area contributed by atoms with Gasteiger partial charge < -0.3 is 5.11 Å². The summed E-state index contributed by atoms with van der Waals surface area (Å²) in [6.45, 7) is 4.47. The van der Waals surface area contributed by atoms with Crippen molar-refractivity contribution in [1.82, 2.24) is 9.38 Å². The van der Waals surface area contributed by atoms with Crippen molar-refractivity contribution < 1.29 is 5.11 Å². The zero-order valence-electron chi connectivity index (χ0n) is 10.3. The molecule has 2 heterocycles. The first-order valence-corrected chi connectivity index (χ1v) is 7.07. The van der Waals surface area contributed by atoms with E-state index < -0.39 is 5.60 Å². The van der Waals surface area contributed by atoms with Gasteiger partial charge in [-0.25, -0.2) is 4.98 Å². The van der Waals surface area contributed by atoms with Crippen LogP contribution in [0.1, 0.15) is 32.4 Å². The van der Waals surface area contributed by atoms with Crippen molar-refractivity contribution in [2.75, 3.05) is 0 Å². The highest BCUT2D eigenvalue weighted by molar-refractivity contribution is 7.15. The highest BCUT2D eigenvalue weighted by atomic mass is 32.1. The summed E-state index contributed by atoms with van der Waals surface area (Å²) in [6, 6.07) is 0. The molecule has 1 aliphatic rings. The molecular weight excluding hydrogens is 232 g/mol. The van der Waals surface area contributed by atoms with Crippen molar-refractivity contribution in [3.05, 3.63) is 23.5 Å². The number of fused-ring (bicyclic) bond motifs is 1. The third-order valence-corrected chi connectivity index (χ3v) is 4.65. The minimum absolute atomic E-state index is 0.501. The maximum absolute atomic E-state index is 10.4. The van der Waals surface area contributed by atoms with E-state index in [2.05, 4.69) is 18.8 Å². The molecule has 0 unspecified atom stereocenters. The molecule has 0 saturated heterocycles. The number of rotatable bonds is 3. The lowest BCUT2D eigenvalue weighted by molar-refractivity contribution is -0.0865. The van der Waals surface area contributed by atoms with Gasteiger partial charge in [-0.05, 0) is 24.7 Å². The molecule has 0 radical (unpaired) electrons. The Balaban J connectivity index is 1.70. The van der Waals surface area contributed by atoms with Crippen LogP contribution in [0.3, 0.4) is 0 Å². The molecule has 3 rings (SSSR count). The molecule has 17 heavy (non-hydrogen) atoms. The van der Waals surface area contributed by atoms with Crippen molar-refractivity contribution in [3.8, 4) is 0 Å². The van der Waals surface area contributed by atoms with Crippen molar-refractivity contribution in [2.24, 2.45) is 11.8 Å². The van der Waals surface area contributed by atoms with Gasteiger partial charge in [0.1, 0.15) is 0 Å². The van der Waals surface area contributed by atoms with E-state index in [0.29, 0.717) is 18.3 Å². The van der Waals surface area contributed by atoms with Gasteiger partial charge in [-0.1, -0.05) is 13.8 Å². The lowest BCUT2D eigenvalue weighted by atomic mass is 9.64. The second-order valence-corrected chi connectivity index (χ2v) is 6.51. The smallest absolute Gasteiger partial charge is 0.193 e. The van der Waals surface area contributed by atoms with Gasteiger partial charge in [-0.3, -0.25) is 4.40 Å². The van der Waals surface area contributed by atoms with Gasteiger partial charge in [-0.15, -0.1) is 11.3 Å². The molecule has 3 nitrogen and oxygen atoms in total. The first-order valence-electron chi connectivity index (χ1n) is 6.19. The molecule has 0 bridgehead atoms. The van der Waals surface area contributed by atoms with Crippen LogP contribution in [0.15, 0.2) is 17.8 Å². The van der Waals surface area contributed by atoms with Crippen molar-refractivity contribution in [1.29, 1.82) is 0 Å². The summed E-state index contributed by atoms with van der Waals surface area (Å²) in [6.07, 6.45) is 6.60. The van der Waals surface area contributed by atoms with Crippen LogP contribution in [0.5, 0.6) is 0 Å². The summed E-state index contributed by atoms with van der Waals surface area (Å²) in [7, 11) is 0. The molecule has 4 heteroatoms. The molecule has 1 saturated carbocycles. The normalized spacial score (nSPS) is 28.8. The Kier molecular flexibility index (Phi) is 2.52. The highest BCUT2D eigenvalue weighted by Gasteiger charge is 2.43. The summed E-state index contributed by atoms with van der Waals surface area (Å²) in [4.78, 5) is 5.55. The first kappa shape index (κ1) is 11.2. The van der Waals surface area contributed by atoms with Crippen LogP contribution < -0.4 is 0 Å². The maximum atomic E-state index is 10.4. The topological polar surface area (TPSA) is 37.5 Å². The van der Waals surface area contributed by atoms with Gasteiger partial charge in [0.05, 0.1) is 11.3 Å². The van der Waals surface area contributed by atoms with Crippen LogP contribution in [0.2, 0.25) is 0 Å². The van der Waals surface area contributed by atoms with Gasteiger partial charge in [-0.2, -0.15) is 0 Å². The lowest BCUT2D eigenvalue weighted by Gasteiger charge is -2.45. The molecule has 1 fully saturated rings. The highest BCUT2D eigenvalue weighted by Crippen LogP contribution is 2.43. The number of nitrogens with zero attached hydrogens (tertiary/aromatic N) is 2. The minimum atomic E-state index is -0.501. The molecule has 1 aliphatic carbocycles. The largest absolute Gasteiger partial charge is 0.389 e. The van der Waals surface area contributed by atoms with Crippen molar-refractivity contribution in [2.45, 2.75) is 38.7 Å². The van der Waals surface area contributed by atoms with E-state index in [4.69, 9.17) is 0 Å². The zero-order valence-corrected chi connectivity index (χ0v) is 11.1. The summed E-state index contributed by atoms with van der Waals surface area (Å²) >= 11 is 1.64. The summed E-state index contributed by atoms with van der Waals surface area (Å²) in [5.41, 5.74) is 0.514. The zero-order chi connectivity index (χ0) is 12.0. The monoisotopic (exact) mass is 250 g/mol. The average Bonchev–Trinajstić information content (AvgIpc) is 2.73. The third-order valence-electron chi connectivity index (χ3n) is 3.88. The van der Waals surface area contributed by atoms with Gasteiger partial charge >= 0.3 is 0 Å². The van der Waals surface area contributed by atoms with Crippen LogP contribution in [-0.4, -0.2) is 20.1 Å². The lowest BCUT2D eigenvalue weighted by Crippen LogP contribution is -2.47. The fourth-order valence-electron chi connectivity index (χ4n) is 2.73. The van der Waals surface area contributed by atoms with E-state index >= 15 is 0 Å². The van der Waals surface area contributed by atoms with E-state index in [9.17, 15) is 5.11 Å². The first-order chi connectivity index (χ1) is 8.06. The molecule has 0 aromatic carbocycles. The van der Waals surface area contributed by atoms with Gasteiger partial charge in [0.15, 0.2) is 4.96 Å². The molecule has 0 amide bonds. The summed E-state index contributed by atoms with van der Waals surface area (Å²) in [5.74, 6) is 1.37. The number of hydrogen-bond donors (Lipinski definition) is 1. The summed E-state index contributed by atoms with van der Waals surface area (Å²) in [5, 5.41) is 12.4. The number of aromatic nitrogens is 2. The molecule has 2 aromatic heterocycles. The fourth-order valence-corrected chi connectivity index (χ4v) is 3.45. The Morgan fingerprint density at radius 3 is 3.00 bits per heavy atom.